The monoisotopic (exact) mass is 482 g/mol. The highest BCUT2D eigenvalue weighted by molar-refractivity contribution is 6.31. The third-order valence-corrected chi connectivity index (χ3v) is 6.35. The molecule has 0 radical (unpaired) electrons. The third-order valence-electron chi connectivity index (χ3n) is 6.25. The molecule has 0 saturated carbocycles. The fourth-order valence-electron chi connectivity index (χ4n) is 4.50. The number of allylic oxidation sites excluding steroid dienone is 4. The van der Waals surface area contributed by atoms with E-state index in [1.807, 2.05) is 24.4 Å². The number of benzene rings is 1. The summed E-state index contributed by atoms with van der Waals surface area (Å²) >= 11 is 5.95. The van der Waals surface area contributed by atoms with Crippen LogP contribution in [0.25, 0.3) is 38.9 Å². The molecule has 0 unspecified atom stereocenters. The Labute approximate surface area is 209 Å². The average Bonchev–Trinajstić information content (AvgIpc) is 2.86. The SMILES string of the molecule is C=C(Cl)/C=C(\C(=C)F)c1cc(-c2cncc(-c3ccc4c(c3)CN(C)CC4)c2)c2cccnc2n1. The van der Waals surface area contributed by atoms with Crippen molar-refractivity contribution in [2.24, 2.45) is 0 Å². The van der Waals surface area contributed by atoms with Crippen LogP contribution >= 0.6 is 11.6 Å². The highest BCUT2D eigenvalue weighted by Gasteiger charge is 2.16. The molecule has 4 heterocycles. The summed E-state index contributed by atoms with van der Waals surface area (Å²) < 4.78 is 14.4. The van der Waals surface area contributed by atoms with Gasteiger partial charge in [0.05, 0.1) is 5.69 Å². The zero-order valence-corrected chi connectivity index (χ0v) is 20.2. The van der Waals surface area contributed by atoms with E-state index in [1.165, 1.54) is 17.2 Å². The van der Waals surface area contributed by atoms with Crippen molar-refractivity contribution in [1.82, 2.24) is 19.9 Å². The van der Waals surface area contributed by atoms with Crippen LogP contribution in [-0.2, 0) is 13.0 Å². The lowest BCUT2D eigenvalue weighted by molar-refractivity contribution is 0.313. The number of nitrogens with zero attached hydrogens (tertiary/aromatic N) is 4. The highest BCUT2D eigenvalue weighted by Crippen LogP contribution is 2.34. The lowest BCUT2D eigenvalue weighted by atomic mass is 9.94. The van der Waals surface area contributed by atoms with E-state index in [-0.39, 0.29) is 10.6 Å². The Morgan fingerprint density at radius 2 is 1.89 bits per heavy atom. The summed E-state index contributed by atoms with van der Waals surface area (Å²) in [5.74, 6) is -0.647. The summed E-state index contributed by atoms with van der Waals surface area (Å²) in [6, 6.07) is 14.4. The Bertz CT molecular complexity index is 1510. The summed E-state index contributed by atoms with van der Waals surface area (Å²) in [7, 11) is 2.15. The van der Waals surface area contributed by atoms with Crippen LogP contribution in [0, 0.1) is 0 Å². The molecule has 1 aliphatic heterocycles. The minimum Gasteiger partial charge on any atom is -0.302 e. The first-order valence-corrected chi connectivity index (χ1v) is 11.7. The van der Waals surface area contributed by atoms with Crippen LogP contribution in [0.1, 0.15) is 16.8 Å². The van der Waals surface area contributed by atoms with Crippen molar-refractivity contribution in [3.63, 3.8) is 0 Å². The Kier molecular flexibility index (Phi) is 6.29. The molecule has 0 amide bonds. The number of rotatable bonds is 5. The maximum absolute atomic E-state index is 14.4. The zero-order chi connectivity index (χ0) is 24.5. The number of hydrogen-bond acceptors (Lipinski definition) is 4. The number of hydrogen-bond donors (Lipinski definition) is 0. The van der Waals surface area contributed by atoms with Crippen LogP contribution in [0.15, 0.2) is 91.1 Å². The van der Waals surface area contributed by atoms with Gasteiger partial charge in [-0.15, -0.1) is 0 Å². The van der Waals surface area contributed by atoms with Crippen molar-refractivity contribution in [2.45, 2.75) is 13.0 Å². The van der Waals surface area contributed by atoms with Crippen molar-refractivity contribution in [3.8, 4) is 22.3 Å². The minimum absolute atomic E-state index is 0.168. The van der Waals surface area contributed by atoms with Gasteiger partial charge in [0.25, 0.3) is 0 Å². The van der Waals surface area contributed by atoms with Gasteiger partial charge >= 0.3 is 0 Å². The van der Waals surface area contributed by atoms with E-state index in [1.54, 1.807) is 12.4 Å². The van der Waals surface area contributed by atoms with Crippen molar-refractivity contribution in [3.05, 3.63) is 108 Å². The summed E-state index contributed by atoms with van der Waals surface area (Å²) in [4.78, 5) is 15.8. The largest absolute Gasteiger partial charge is 0.302 e. The first-order valence-electron chi connectivity index (χ1n) is 11.3. The normalized spacial score (nSPS) is 14.1. The number of aromatic nitrogens is 3. The molecule has 0 spiro atoms. The number of likely N-dealkylation sites (N-methyl/N-ethyl adjacent to an activating group) is 1. The zero-order valence-electron chi connectivity index (χ0n) is 19.4. The number of fused-ring (bicyclic) bond motifs is 2. The molecule has 1 aromatic carbocycles. The minimum atomic E-state index is -0.647. The van der Waals surface area contributed by atoms with Gasteiger partial charge in [0, 0.05) is 58.8 Å². The lowest BCUT2D eigenvalue weighted by Crippen LogP contribution is -2.26. The second-order valence-corrected chi connectivity index (χ2v) is 9.26. The van der Waals surface area contributed by atoms with Crippen molar-refractivity contribution >= 4 is 28.2 Å². The van der Waals surface area contributed by atoms with Crippen LogP contribution in [0.3, 0.4) is 0 Å². The fraction of sp³-hybridized carbons (Fsp3) is 0.138. The highest BCUT2D eigenvalue weighted by atomic mass is 35.5. The molecule has 6 heteroatoms. The molecule has 0 bridgehead atoms. The molecule has 4 nitrogen and oxygen atoms in total. The standard InChI is InChI=1S/C29H24ClFN4/c1-18(30)11-26(19(2)31)28-14-27(25-5-4-9-33-29(25)34-28)23-13-22(15-32-16-23)21-7-6-20-8-10-35(3)17-24(20)12-21/h4-7,9,11-16H,1-2,8,10,17H2,3H3/b26-11+. The fourth-order valence-corrected chi connectivity index (χ4v) is 4.61. The first-order chi connectivity index (χ1) is 16.9. The molecule has 0 atom stereocenters. The van der Waals surface area contributed by atoms with Crippen LogP contribution in [0.5, 0.6) is 0 Å². The molecule has 1 aliphatic rings. The molecule has 0 aliphatic carbocycles. The third kappa shape index (κ3) is 4.78. The van der Waals surface area contributed by atoms with E-state index >= 15 is 0 Å². The molecule has 174 valence electrons. The van der Waals surface area contributed by atoms with Crippen molar-refractivity contribution in [1.29, 1.82) is 0 Å². The Balaban J connectivity index is 1.65. The lowest BCUT2D eigenvalue weighted by Gasteiger charge is -2.25. The van der Waals surface area contributed by atoms with Gasteiger partial charge in [0.1, 0.15) is 5.83 Å². The van der Waals surface area contributed by atoms with E-state index in [0.29, 0.717) is 11.3 Å². The Morgan fingerprint density at radius 3 is 2.69 bits per heavy atom. The summed E-state index contributed by atoms with van der Waals surface area (Å²) in [6.07, 6.45) is 7.81. The molecular weight excluding hydrogens is 459 g/mol. The summed E-state index contributed by atoms with van der Waals surface area (Å²) in [5.41, 5.74) is 7.64. The molecule has 0 N–H and O–H groups in total. The number of halogens is 2. The predicted molar refractivity (Wildman–Crippen MR) is 141 cm³/mol. The van der Waals surface area contributed by atoms with Crippen LogP contribution in [0.4, 0.5) is 4.39 Å². The summed E-state index contributed by atoms with van der Waals surface area (Å²) in [5, 5.41) is 1.03. The van der Waals surface area contributed by atoms with E-state index in [0.717, 1.165) is 47.2 Å². The number of pyridine rings is 3. The quantitative estimate of drug-likeness (QED) is 0.288. The summed E-state index contributed by atoms with van der Waals surface area (Å²) in [6.45, 7) is 9.12. The Morgan fingerprint density at radius 1 is 1.06 bits per heavy atom. The topological polar surface area (TPSA) is 41.9 Å². The van der Waals surface area contributed by atoms with Crippen LogP contribution < -0.4 is 0 Å². The van der Waals surface area contributed by atoms with Gasteiger partial charge in [-0.3, -0.25) is 4.98 Å². The first kappa shape index (κ1) is 23.1. The molecule has 0 fully saturated rings. The Hall–Kier alpha value is -3.67. The smallest absolute Gasteiger partial charge is 0.160 e. The van der Waals surface area contributed by atoms with Crippen molar-refractivity contribution < 1.29 is 4.39 Å². The molecular formula is C29H24ClFN4. The van der Waals surface area contributed by atoms with Crippen LogP contribution in [0.2, 0.25) is 0 Å². The predicted octanol–water partition coefficient (Wildman–Crippen LogP) is 6.97. The maximum Gasteiger partial charge on any atom is 0.160 e. The van der Waals surface area contributed by atoms with Gasteiger partial charge in [0.2, 0.25) is 0 Å². The molecule has 3 aromatic heterocycles. The van der Waals surface area contributed by atoms with Gasteiger partial charge in [-0.05, 0) is 72.1 Å². The molecule has 0 saturated heterocycles. The maximum atomic E-state index is 14.4. The average molecular weight is 483 g/mol. The molecule has 5 rings (SSSR count). The van der Waals surface area contributed by atoms with Gasteiger partial charge < -0.3 is 4.90 Å². The van der Waals surface area contributed by atoms with Gasteiger partial charge in [-0.2, -0.15) is 0 Å². The van der Waals surface area contributed by atoms with E-state index in [9.17, 15) is 4.39 Å². The van der Waals surface area contributed by atoms with Gasteiger partial charge in [-0.1, -0.05) is 36.9 Å². The molecule has 4 aromatic rings. The van der Waals surface area contributed by atoms with Crippen molar-refractivity contribution in [2.75, 3.05) is 13.6 Å². The van der Waals surface area contributed by atoms with Crippen LogP contribution in [-0.4, -0.2) is 33.4 Å². The van der Waals surface area contributed by atoms with E-state index in [4.69, 9.17) is 11.6 Å². The van der Waals surface area contributed by atoms with Gasteiger partial charge in [-0.25, -0.2) is 14.4 Å². The van der Waals surface area contributed by atoms with Gasteiger partial charge in [0.15, 0.2) is 5.65 Å². The second kappa shape index (κ2) is 9.53. The molecule has 35 heavy (non-hydrogen) atoms. The second-order valence-electron chi connectivity index (χ2n) is 8.77. The van der Waals surface area contributed by atoms with E-state index < -0.39 is 5.83 Å². The van der Waals surface area contributed by atoms with E-state index in [2.05, 4.69) is 64.3 Å².